The van der Waals surface area contributed by atoms with Gasteiger partial charge in [-0.05, 0) is 56.5 Å². The third-order valence-electron chi connectivity index (χ3n) is 7.83. The number of ether oxygens (including phenoxy) is 1. The van der Waals surface area contributed by atoms with Gasteiger partial charge in [0.2, 0.25) is 0 Å². The van der Waals surface area contributed by atoms with Crippen LogP contribution in [0.1, 0.15) is 61.8 Å². The summed E-state index contributed by atoms with van der Waals surface area (Å²) in [7, 11) is -1.74. The van der Waals surface area contributed by atoms with Crippen molar-refractivity contribution in [2.24, 2.45) is 0 Å². The molecular formula is C30H43BO5Si. The van der Waals surface area contributed by atoms with Crippen molar-refractivity contribution in [1.29, 1.82) is 0 Å². The van der Waals surface area contributed by atoms with Crippen molar-refractivity contribution in [2.45, 2.75) is 84.4 Å². The topological polar surface area (TPSA) is 54.0 Å². The van der Waals surface area contributed by atoms with Gasteiger partial charge in [-0.3, -0.25) is 0 Å². The highest BCUT2D eigenvalue weighted by Gasteiger charge is 2.52. The molecule has 0 N–H and O–H groups in total. The van der Waals surface area contributed by atoms with Crippen LogP contribution in [0.4, 0.5) is 0 Å². The molecule has 0 spiro atoms. The van der Waals surface area contributed by atoms with E-state index < -0.39 is 26.6 Å². The van der Waals surface area contributed by atoms with Crippen LogP contribution in [0.2, 0.25) is 11.4 Å². The monoisotopic (exact) mass is 522 g/mol. The summed E-state index contributed by atoms with van der Waals surface area (Å²) in [6.45, 7) is 17.3. The predicted octanol–water partition coefficient (Wildman–Crippen LogP) is 5.53. The van der Waals surface area contributed by atoms with Gasteiger partial charge in [0.15, 0.2) is 0 Å². The number of carbonyl (C=O) groups excluding carboxylic acids is 1. The number of rotatable bonds is 9. The molecule has 0 bridgehead atoms. The summed E-state index contributed by atoms with van der Waals surface area (Å²) < 4.78 is 24.5. The largest absolute Gasteiger partial charge is 0.466 e. The molecule has 2 aromatic rings. The first-order valence-corrected chi connectivity index (χ1v) is 15.0. The molecule has 0 aliphatic carbocycles. The quantitative estimate of drug-likeness (QED) is 0.246. The summed E-state index contributed by atoms with van der Waals surface area (Å²) >= 11 is 0. The van der Waals surface area contributed by atoms with Gasteiger partial charge >= 0.3 is 13.1 Å². The minimum Gasteiger partial charge on any atom is -0.466 e. The van der Waals surface area contributed by atoms with E-state index in [9.17, 15) is 4.79 Å². The van der Waals surface area contributed by atoms with Gasteiger partial charge in [0, 0.05) is 18.5 Å². The van der Waals surface area contributed by atoms with Gasteiger partial charge in [0.1, 0.15) is 0 Å². The van der Waals surface area contributed by atoms with Gasteiger partial charge in [-0.2, -0.15) is 0 Å². The van der Waals surface area contributed by atoms with E-state index in [1.165, 1.54) is 17.5 Å². The molecule has 0 atom stereocenters. The summed E-state index contributed by atoms with van der Waals surface area (Å²) in [5.74, 6) is -0.349. The first-order valence-electron chi connectivity index (χ1n) is 13.1. The van der Waals surface area contributed by atoms with Crippen LogP contribution in [-0.4, -0.2) is 46.3 Å². The fraction of sp³-hybridized carbons (Fsp3) is 0.500. The Kier molecular flexibility index (Phi) is 8.95. The Hall–Kier alpha value is -2.19. The lowest BCUT2D eigenvalue weighted by molar-refractivity contribution is -0.136. The summed E-state index contributed by atoms with van der Waals surface area (Å²) in [6, 6.07) is 21.2. The second-order valence-electron chi connectivity index (χ2n) is 11.9. The predicted molar refractivity (Wildman–Crippen MR) is 154 cm³/mol. The van der Waals surface area contributed by atoms with E-state index in [-0.39, 0.29) is 11.0 Å². The lowest BCUT2D eigenvalue weighted by Gasteiger charge is -2.43. The molecule has 3 rings (SSSR count). The Labute approximate surface area is 224 Å². The maximum Gasteiger partial charge on any atom is 0.462 e. The normalized spacial score (nSPS) is 17.9. The van der Waals surface area contributed by atoms with Crippen LogP contribution in [0.15, 0.2) is 71.8 Å². The molecule has 2 aromatic carbocycles. The minimum absolute atomic E-state index is 0.110. The number of esters is 1. The molecule has 0 amide bonds. The van der Waals surface area contributed by atoms with Crippen molar-refractivity contribution >= 4 is 31.8 Å². The third kappa shape index (κ3) is 6.11. The van der Waals surface area contributed by atoms with E-state index in [0.29, 0.717) is 24.9 Å². The van der Waals surface area contributed by atoms with E-state index in [2.05, 4.69) is 69.3 Å². The highest BCUT2D eigenvalue weighted by atomic mass is 28.4. The van der Waals surface area contributed by atoms with E-state index in [0.717, 1.165) is 5.57 Å². The van der Waals surface area contributed by atoms with Crippen LogP contribution in [0.3, 0.4) is 0 Å². The number of methoxy groups -OCH3 is 1. The lowest BCUT2D eigenvalue weighted by atomic mass is 9.78. The Balaban J connectivity index is 1.90. The second kappa shape index (κ2) is 11.3. The molecule has 0 unspecified atom stereocenters. The first-order chi connectivity index (χ1) is 17.2. The van der Waals surface area contributed by atoms with Gasteiger partial charge < -0.3 is 18.5 Å². The average molecular weight is 523 g/mol. The number of benzene rings is 2. The van der Waals surface area contributed by atoms with Crippen molar-refractivity contribution in [2.75, 3.05) is 13.7 Å². The molecule has 0 saturated carbocycles. The van der Waals surface area contributed by atoms with E-state index in [4.69, 9.17) is 18.5 Å². The molecule has 1 heterocycles. The Morgan fingerprint density at radius 1 is 0.892 bits per heavy atom. The Morgan fingerprint density at radius 3 is 1.76 bits per heavy atom. The zero-order chi connectivity index (χ0) is 27.5. The smallest absolute Gasteiger partial charge is 0.462 e. The molecule has 200 valence electrons. The maximum absolute atomic E-state index is 12.8. The average Bonchev–Trinajstić information content (AvgIpc) is 3.05. The second-order valence-corrected chi connectivity index (χ2v) is 16.2. The molecule has 5 nitrogen and oxygen atoms in total. The molecule has 0 radical (unpaired) electrons. The molecular weight excluding hydrogens is 479 g/mol. The molecule has 7 heteroatoms. The standard InChI is InChI=1S/C30H43BO5Si/c1-23(26(27(32)33-9)22-31-35-29(5,6)30(7,8)36-31)20-21-34-37(28(2,3)4,24-16-12-10-13-17-24)25-18-14-11-15-19-25/h10-19H,20-22H2,1-9H3/b26-23-. The first kappa shape index (κ1) is 29.4. The van der Waals surface area contributed by atoms with Gasteiger partial charge in [0.05, 0.1) is 18.3 Å². The zero-order valence-electron chi connectivity index (χ0n) is 24.0. The van der Waals surface area contributed by atoms with Crippen molar-refractivity contribution in [3.8, 4) is 0 Å². The van der Waals surface area contributed by atoms with Crippen molar-refractivity contribution in [1.82, 2.24) is 0 Å². The summed E-state index contributed by atoms with van der Waals surface area (Å²) in [4.78, 5) is 12.8. The van der Waals surface area contributed by atoms with Gasteiger partial charge in [0.25, 0.3) is 8.32 Å². The molecule has 37 heavy (non-hydrogen) atoms. The van der Waals surface area contributed by atoms with E-state index in [1.807, 2.05) is 46.8 Å². The number of hydrogen-bond acceptors (Lipinski definition) is 5. The van der Waals surface area contributed by atoms with Crippen LogP contribution >= 0.6 is 0 Å². The minimum atomic E-state index is -2.65. The zero-order valence-corrected chi connectivity index (χ0v) is 25.0. The van der Waals surface area contributed by atoms with Crippen molar-refractivity contribution < 1.29 is 23.3 Å². The Morgan fingerprint density at radius 2 is 1.35 bits per heavy atom. The molecule has 1 fully saturated rings. The summed E-state index contributed by atoms with van der Waals surface area (Å²) in [5, 5.41) is 2.36. The van der Waals surface area contributed by atoms with Crippen LogP contribution < -0.4 is 10.4 Å². The number of hydrogen-bond donors (Lipinski definition) is 0. The highest BCUT2D eigenvalue weighted by Crippen LogP contribution is 2.39. The van der Waals surface area contributed by atoms with Crippen molar-refractivity contribution in [3.05, 3.63) is 71.8 Å². The van der Waals surface area contributed by atoms with Gasteiger partial charge in [-0.25, -0.2) is 4.79 Å². The van der Waals surface area contributed by atoms with Crippen LogP contribution in [0.25, 0.3) is 0 Å². The fourth-order valence-electron chi connectivity index (χ4n) is 5.04. The number of carbonyl (C=O) groups is 1. The molecule has 0 aromatic heterocycles. The van der Waals surface area contributed by atoms with E-state index >= 15 is 0 Å². The van der Waals surface area contributed by atoms with Crippen LogP contribution in [0, 0.1) is 0 Å². The SMILES string of the molecule is COC(=O)/C(CB1OC(C)(C)C(C)(C)O1)=C(/C)CCO[Si](c1ccccc1)(c1ccccc1)C(C)(C)C. The lowest BCUT2D eigenvalue weighted by Crippen LogP contribution is -2.66. The van der Waals surface area contributed by atoms with Crippen LogP contribution in [-0.2, 0) is 23.3 Å². The highest BCUT2D eigenvalue weighted by molar-refractivity contribution is 6.99. The maximum atomic E-state index is 12.8. The summed E-state index contributed by atoms with van der Waals surface area (Å²) in [5.41, 5.74) is 0.602. The van der Waals surface area contributed by atoms with E-state index in [1.54, 1.807) is 0 Å². The van der Waals surface area contributed by atoms with Crippen LogP contribution in [0.5, 0.6) is 0 Å². The van der Waals surface area contributed by atoms with Gasteiger partial charge in [-0.15, -0.1) is 0 Å². The molecule has 1 aliphatic heterocycles. The van der Waals surface area contributed by atoms with Crippen molar-refractivity contribution in [3.63, 3.8) is 0 Å². The molecule has 1 saturated heterocycles. The van der Waals surface area contributed by atoms with Gasteiger partial charge in [-0.1, -0.05) is 87.0 Å². The fourth-order valence-corrected chi connectivity index (χ4v) is 9.60. The summed E-state index contributed by atoms with van der Waals surface area (Å²) in [6.07, 6.45) is 0.943. The molecule has 1 aliphatic rings. The Bertz CT molecular complexity index is 1030. The third-order valence-corrected chi connectivity index (χ3v) is 12.9.